The van der Waals surface area contributed by atoms with E-state index in [1.54, 1.807) is 0 Å². The lowest BCUT2D eigenvalue weighted by molar-refractivity contribution is -0.198. The Labute approximate surface area is 114 Å². The molecule has 0 amide bonds. The molecule has 0 aliphatic carbocycles. The van der Waals surface area contributed by atoms with Crippen molar-refractivity contribution in [1.82, 2.24) is 4.90 Å². The zero-order chi connectivity index (χ0) is 13.1. The van der Waals surface area contributed by atoms with Gasteiger partial charge in [-0.15, -0.1) is 0 Å². The fraction of sp³-hybridized carbons (Fsp3) is 0.600. The number of hydrogen-bond acceptors (Lipinski definition) is 4. The Morgan fingerprint density at radius 2 is 2.16 bits per heavy atom. The maximum absolute atomic E-state index is 6.02. The van der Waals surface area contributed by atoms with Crippen molar-refractivity contribution < 1.29 is 9.47 Å². The Morgan fingerprint density at radius 1 is 1.32 bits per heavy atom. The van der Waals surface area contributed by atoms with E-state index in [0.717, 1.165) is 32.5 Å². The minimum Gasteiger partial charge on any atom is -0.346 e. The number of hydrogen-bond donors (Lipinski definition) is 1. The average Bonchev–Trinajstić information content (AvgIpc) is 2.83. The van der Waals surface area contributed by atoms with E-state index in [9.17, 15) is 0 Å². The van der Waals surface area contributed by atoms with Crippen LogP contribution in [-0.4, -0.2) is 43.0 Å². The van der Waals surface area contributed by atoms with Gasteiger partial charge in [-0.25, -0.2) is 0 Å². The van der Waals surface area contributed by atoms with Crippen LogP contribution in [0.4, 0.5) is 0 Å². The Bertz CT molecular complexity index is 412. The van der Waals surface area contributed by atoms with Gasteiger partial charge >= 0.3 is 0 Å². The summed E-state index contributed by atoms with van der Waals surface area (Å²) in [5.41, 5.74) is 7.00. The molecule has 19 heavy (non-hydrogen) atoms. The average molecular weight is 262 g/mol. The lowest BCUT2D eigenvalue weighted by atomic mass is 10.0. The molecule has 0 aromatic heterocycles. The van der Waals surface area contributed by atoms with Gasteiger partial charge < -0.3 is 15.2 Å². The normalized spacial score (nSPS) is 31.9. The number of likely N-dealkylation sites (tertiary alicyclic amines) is 1. The smallest absolute Gasteiger partial charge is 0.181 e. The summed E-state index contributed by atoms with van der Waals surface area (Å²) in [5, 5.41) is 0. The molecule has 1 aromatic rings. The monoisotopic (exact) mass is 262 g/mol. The van der Waals surface area contributed by atoms with Gasteiger partial charge in [0, 0.05) is 19.5 Å². The van der Waals surface area contributed by atoms with Crippen LogP contribution >= 0.6 is 0 Å². The van der Waals surface area contributed by atoms with Crippen LogP contribution in [0.25, 0.3) is 0 Å². The molecule has 1 aromatic carbocycles. The van der Waals surface area contributed by atoms with Gasteiger partial charge in [-0.3, -0.25) is 4.90 Å². The van der Waals surface area contributed by atoms with Crippen LogP contribution in [0.5, 0.6) is 0 Å². The van der Waals surface area contributed by atoms with E-state index >= 15 is 0 Å². The Kier molecular flexibility index (Phi) is 3.84. The van der Waals surface area contributed by atoms with Crippen molar-refractivity contribution >= 4 is 0 Å². The zero-order valence-electron chi connectivity index (χ0n) is 11.3. The molecule has 2 saturated heterocycles. The van der Waals surface area contributed by atoms with Gasteiger partial charge in [0.25, 0.3) is 0 Å². The maximum Gasteiger partial charge on any atom is 0.181 e. The summed E-state index contributed by atoms with van der Waals surface area (Å²) in [5.74, 6) is -0.406. The van der Waals surface area contributed by atoms with Crippen molar-refractivity contribution in [2.45, 2.75) is 31.3 Å². The van der Waals surface area contributed by atoms with E-state index < -0.39 is 5.79 Å². The molecule has 0 bridgehead atoms. The Balaban J connectivity index is 1.62. The molecule has 0 radical (unpaired) electrons. The van der Waals surface area contributed by atoms with Crippen molar-refractivity contribution in [3.05, 3.63) is 35.9 Å². The molecule has 2 unspecified atom stereocenters. The van der Waals surface area contributed by atoms with E-state index in [-0.39, 0.29) is 6.10 Å². The summed E-state index contributed by atoms with van der Waals surface area (Å²) < 4.78 is 11.9. The third-order valence-electron chi connectivity index (χ3n) is 3.92. The van der Waals surface area contributed by atoms with Crippen LogP contribution in [-0.2, 0) is 16.0 Å². The van der Waals surface area contributed by atoms with Crippen molar-refractivity contribution in [2.75, 3.05) is 26.2 Å². The molecule has 104 valence electrons. The maximum atomic E-state index is 6.02. The van der Waals surface area contributed by atoms with Gasteiger partial charge in [0.15, 0.2) is 5.79 Å². The van der Waals surface area contributed by atoms with E-state index in [1.165, 1.54) is 5.56 Å². The molecule has 2 aliphatic heterocycles. The predicted octanol–water partition coefficient (Wildman–Crippen LogP) is 1.35. The number of benzene rings is 1. The summed E-state index contributed by atoms with van der Waals surface area (Å²) >= 11 is 0. The summed E-state index contributed by atoms with van der Waals surface area (Å²) in [7, 11) is 0. The van der Waals surface area contributed by atoms with E-state index in [0.29, 0.717) is 13.2 Å². The lowest BCUT2D eigenvalue weighted by Gasteiger charge is -2.39. The summed E-state index contributed by atoms with van der Waals surface area (Å²) in [6, 6.07) is 10.6. The minimum atomic E-state index is -0.406. The van der Waals surface area contributed by atoms with Crippen LogP contribution in [0.3, 0.4) is 0 Å². The first kappa shape index (κ1) is 13.1. The van der Waals surface area contributed by atoms with Crippen molar-refractivity contribution in [2.24, 2.45) is 5.73 Å². The molecule has 2 fully saturated rings. The highest BCUT2D eigenvalue weighted by Crippen LogP contribution is 2.33. The largest absolute Gasteiger partial charge is 0.346 e. The van der Waals surface area contributed by atoms with Crippen LogP contribution in [0.1, 0.15) is 18.4 Å². The molecule has 4 heteroatoms. The first-order valence-corrected chi connectivity index (χ1v) is 7.08. The molecular formula is C15H22N2O2. The Morgan fingerprint density at radius 3 is 2.89 bits per heavy atom. The minimum absolute atomic E-state index is 0.0664. The molecule has 2 aliphatic rings. The van der Waals surface area contributed by atoms with Crippen molar-refractivity contribution in [1.29, 1.82) is 0 Å². The van der Waals surface area contributed by atoms with E-state index in [1.807, 2.05) is 0 Å². The fourth-order valence-electron chi connectivity index (χ4n) is 2.99. The molecule has 1 spiro atoms. The van der Waals surface area contributed by atoms with Crippen LogP contribution < -0.4 is 5.73 Å². The molecular weight excluding hydrogens is 240 g/mol. The third kappa shape index (κ3) is 2.98. The zero-order valence-corrected chi connectivity index (χ0v) is 11.3. The number of piperidine rings is 1. The Hall–Kier alpha value is -0.940. The quantitative estimate of drug-likeness (QED) is 0.893. The predicted molar refractivity (Wildman–Crippen MR) is 73.6 cm³/mol. The number of ether oxygens (including phenoxy) is 2. The highest BCUT2D eigenvalue weighted by Gasteiger charge is 2.44. The molecule has 3 rings (SSSR count). The SMILES string of the molecule is NCC1COC2(CCCN(Cc3ccccc3)C2)O1. The fourth-order valence-corrected chi connectivity index (χ4v) is 2.99. The van der Waals surface area contributed by atoms with Gasteiger partial charge in [0.05, 0.1) is 19.3 Å². The van der Waals surface area contributed by atoms with Crippen LogP contribution in [0.2, 0.25) is 0 Å². The standard InChI is InChI=1S/C15H22N2O2/c16-9-14-11-18-15(19-14)7-4-8-17(12-15)10-13-5-2-1-3-6-13/h1-3,5-6,14H,4,7-12,16H2. The highest BCUT2D eigenvalue weighted by atomic mass is 16.7. The molecule has 4 nitrogen and oxygen atoms in total. The van der Waals surface area contributed by atoms with Crippen molar-refractivity contribution in [3.63, 3.8) is 0 Å². The first-order chi connectivity index (χ1) is 9.30. The summed E-state index contributed by atoms with van der Waals surface area (Å²) in [6.45, 7) is 4.09. The van der Waals surface area contributed by atoms with E-state index in [2.05, 4.69) is 35.2 Å². The second-order valence-corrected chi connectivity index (χ2v) is 5.50. The molecule has 0 saturated carbocycles. The third-order valence-corrected chi connectivity index (χ3v) is 3.92. The number of nitrogens with two attached hydrogens (primary N) is 1. The number of nitrogens with zero attached hydrogens (tertiary/aromatic N) is 1. The number of rotatable bonds is 3. The topological polar surface area (TPSA) is 47.7 Å². The molecule has 2 N–H and O–H groups in total. The molecule has 2 heterocycles. The van der Waals surface area contributed by atoms with Crippen LogP contribution in [0.15, 0.2) is 30.3 Å². The summed E-state index contributed by atoms with van der Waals surface area (Å²) in [4.78, 5) is 2.41. The van der Waals surface area contributed by atoms with Gasteiger partial charge in [-0.1, -0.05) is 30.3 Å². The second kappa shape index (κ2) is 5.59. The van der Waals surface area contributed by atoms with Crippen LogP contribution in [0, 0.1) is 0 Å². The second-order valence-electron chi connectivity index (χ2n) is 5.50. The van der Waals surface area contributed by atoms with Crippen molar-refractivity contribution in [3.8, 4) is 0 Å². The molecule has 2 atom stereocenters. The highest BCUT2D eigenvalue weighted by molar-refractivity contribution is 5.14. The first-order valence-electron chi connectivity index (χ1n) is 7.08. The van der Waals surface area contributed by atoms with Gasteiger partial charge in [0.1, 0.15) is 0 Å². The lowest BCUT2D eigenvalue weighted by Crippen LogP contribution is -2.49. The van der Waals surface area contributed by atoms with E-state index in [4.69, 9.17) is 15.2 Å². The van der Waals surface area contributed by atoms with Gasteiger partial charge in [-0.2, -0.15) is 0 Å². The van der Waals surface area contributed by atoms with Gasteiger partial charge in [-0.05, 0) is 18.5 Å². The van der Waals surface area contributed by atoms with Gasteiger partial charge in [0.2, 0.25) is 0 Å². The summed E-state index contributed by atoms with van der Waals surface area (Å²) in [6.07, 6.45) is 2.16.